The molecule has 23 heavy (non-hydrogen) atoms. The van der Waals surface area contributed by atoms with Crippen molar-refractivity contribution in [2.24, 2.45) is 0 Å². The minimum absolute atomic E-state index is 0.0603. The zero-order chi connectivity index (χ0) is 16.8. The smallest absolute Gasteiger partial charge is 0.338 e. The normalized spacial score (nSPS) is 12.7. The summed E-state index contributed by atoms with van der Waals surface area (Å²) in [4.78, 5) is 45.8. The molecule has 0 unspecified atom stereocenters. The highest BCUT2D eigenvalue weighted by molar-refractivity contribution is 5.98. The van der Waals surface area contributed by atoms with Gasteiger partial charge in [0.15, 0.2) is 6.61 Å². The van der Waals surface area contributed by atoms with Crippen molar-refractivity contribution in [1.29, 1.82) is 0 Å². The average molecular weight is 319 g/mol. The summed E-state index contributed by atoms with van der Waals surface area (Å²) in [5.74, 6) is -1.44. The molecule has 0 aromatic heterocycles. The molecule has 0 fully saturated rings. The Morgan fingerprint density at radius 2 is 2.04 bits per heavy atom. The number of ether oxygens (including phenoxy) is 1. The van der Waals surface area contributed by atoms with Crippen LogP contribution in [0, 0.1) is 0 Å². The van der Waals surface area contributed by atoms with E-state index in [4.69, 9.17) is 4.74 Å². The number of aryl methyl sites for hydroxylation is 1. The number of hydrogen-bond acceptors (Lipinski definition) is 5. The monoisotopic (exact) mass is 319 g/mol. The van der Waals surface area contributed by atoms with E-state index in [0.717, 1.165) is 5.56 Å². The van der Waals surface area contributed by atoms with E-state index in [1.54, 1.807) is 19.1 Å². The van der Waals surface area contributed by atoms with Crippen LogP contribution in [0.5, 0.6) is 0 Å². The van der Waals surface area contributed by atoms with Gasteiger partial charge in [-0.2, -0.15) is 0 Å². The van der Waals surface area contributed by atoms with Gasteiger partial charge in [-0.05, 0) is 37.1 Å². The molecule has 8 heteroatoms. The summed E-state index contributed by atoms with van der Waals surface area (Å²) in [5, 5.41) is 7.13. The Balaban J connectivity index is 1.90. The zero-order valence-electron chi connectivity index (χ0n) is 12.6. The predicted molar refractivity (Wildman–Crippen MR) is 80.9 cm³/mol. The summed E-state index contributed by atoms with van der Waals surface area (Å²) in [6.45, 7) is 1.54. The first-order valence-corrected chi connectivity index (χ1v) is 7.17. The maximum atomic E-state index is 11.9. The summed E-state index contributed by atoms with van der Waals surface area (Å²) >= 11 is 0. The highest BCUT2D eigenvalue weighted by Crippen LogP contribution is 2.23. The quantitative estimate of drug-likeness (QED) is 0.702. The lowest BCUT2D eigenvalue weighted by molar-refractivity contribution is -0.123. The van der Waals surface area contributed by atoms with Crippen molar-refractivity contribution < 1.29 is 23.9 Å². The summed E-state index contributed by atoms with van der Waals surface area (Å²) in [5.41, 5.74) is 1.79. The molecule has 2 rings (SSSR count). The first-order valence-electron chi connectivity index (χ1n) is 7.17. The van der Waals surface area contributed by atoms with E-state index in [9.17, 15) is 19.2 Å². The van der Waals surface area contributed by atoms with E-state index in [1.807, 2.05) is 5.32 Å². The highest BCUT2D eigenvalue weighted by Gasteiger charge is 2.18. The molecule has 0 radical (unpaired) electrons. The van der Waals surface area contributed by atoms with Gasteiger partial charge in [0.1, 0.15) is 0 Å². The molecule has 1 aromatic rings. The summed E-state index contributed by atoms with van der Waals surface area (Å²) in [6.07, 6.45) is 0.903. The number of urea groups is 1. The van der Waals surface area contributed by atoms with Crippen LogP contribution in [0.1, 0.15) is 29.3 Å². The van der Waals surface area contributed by atoms with Gasteiger partial charge in [0.2, 0.25) is 5.91 Å². The summed E-state index contributed by atoms with van der Waals surface area (Å²) in [6, 6.07) is 4.11. The van der Waals surface area contributed by atoms with Crippen LogP contribution in [0.25, 0.3) is 0 Å². The van der Waals surface area contributed by atoms with Crippen LogP contribution in [-0.2, 0) is 20.7 Å². The summed E-state index contributed by atoms with van der Waals surface area (Å²) < 4.78 is 4.86. The third-order valence-electron chi connectivity index (χ3n) is 3.16. The third kappa shape index (κ3) is 4.53. The molecule has 0 atom stereocenters. The number of nitrogens with one attached hydrogen (secondary N) is 3. The lowest BCUT2D eigenvalue weighted by Gasteiger charge is -2.17. The highest BCUT2D eigenvalue weighted by atomic mass is 16.5. The molecule has 1 aliphatic rings. The molecule has 4 amide bonds. The van der Waals surface area contributed by atoms with Crippen LogP contribution in [-0.4, -0.2) is 37.0 Å². The maximum Gasteiger partial charge on any atom is 0.338 e. The van der Waals surface area contributed by atoms with Crippen LogP contribution >= 0.6 is 0 Å². The molecule has 1 aromatic carbocycles. The van der Waals surface area contributed by atoms with Crippen molar-refractivity contribution in [3.8, 4) is 0 Å². The number of hydrogen-bond donors (Lipinski definition) is 3. The minimum Gasteiger partial charge on any atom is -0.452 e. The molecular formula is C15H17N3O5. The number of fused-ring (bicyclic) bond motifs is 1. The molecule has 1 heterocycles. The second kappa shape index (κ2) is 7.39. The van der Waals surface area contributed by atoms with E-state index >= 15 is 0 Å². The van der Waals surface area contributed by atoms with Crippen LogP contribution in [0.3, 0.4) is 0 Å². The number of imide groups is 1. The number of rotatable bonds is 4. The molecule has 0 aliphatic carbocycles. The number of carbonyl (C=O) groups is 4. The van der Waals surface area contributed by atoms with E-state index < -0.39 is 24.5 Å². The Kier molecular flexibility index (Phi) is 5.29. The van der Waals surface area contributed by atoms with Crippen LogP contribution in [0.15, 0.2) is 18.2 Å². The maximum absolute atomic E-state index is 11.9. The molecular weight excluding hydrogens is 302 g/mol. The van der Waals surface area contributed by atoms with Gasteiger partial charge in [-0.3, -0.25) is 14.9 Å². The fourth-order valence-corrected chi connectivity index (χ4v) is 2.09. The fraction of sp³-hybridized carbons (Fsp3) is 0.333. The van der Waals surface area contributed by atoms with E-state index in [2.05, 4.69) is 10.6 Å². The molecule has 122 valence electrons. The lowest BCUT2D eigenvalue weighted by atomic mass is 10.0. The standard InChI is InChI=1S/C15H17N3O5/c1-2-16-15(22)18-13(20)8-23-14(21)10-3-5-11-9(7-10)4-6-12(19)17-11/h3,5,7H,2,4,6,8H2,1H3,(H,17,19)(H2,16,18,20,22). The second-order valence-corrected chi connectivity index (χ2v) is 4.90. The zero-order valence-corrected chi connectivity index (χ0v) is 12.6. The van der Waals surface area contributed by atoms with Crippen molar-refractivity contribution >= 4 is 29.5 Å². The Morgan fingerprint density at radius 3 is 2.78 bits per heavy atom. The van der Waals surface area contributed by atoms with Gasteiger partial charge in [-0.15, -0.1) is 0 Å². The molecule has 3 N–H and O–H groups in total. The SMILES string of the molecule is CCNC(=O)NC(=O)COC(=O)c1ccc2c(c1)CCC(=O)N2. The van der Waals surface area contributed by atoms with Crippen molar-refractivity contribution in [2.75, 3.05) is 18.5 Å². The van der Waals surface area contributed by atoms with Crippen molar-refractivity contribution in [2.45, 2.75) is 19.8 Å². The van der Waals surface area contributed by atoms with Crippen LogP contribution < -0.4 is 16.0 Å². The van der Waals surface area contributed by atoms with E-state index in [0.29, 0.717) is 25.1 Å². The van der Waals surface area contributed by atoms with Gasteiger partial charge in [0.05, 0.1) is 5.56 Å². The molecule has 0 saturated heterocycles. The largest absolute Gasteiger partial charge is 0.452 e. The van der Waals surface area contributed by atoms with E-state index in [-0.39, 0.29) is 11.5 Å². The first-order chi connectivity index (χ1) is 11.0. The molecule has 0 bridgehead atoms. The second-order valence-electron chi connectivity index (χ2n) is 4.90. The van der Waals surface area contributed by atoms with Crippen LogP contribution in [0.4, 0.5) is 10.5 Å². The fourth-order valence-electron chi connectivity index (χ4n) is 2.09. The van der Waals surface area contributed by atoms with Crippen molar-refractivity contribution in [3.05, 3.63) is 29.3 Å². The first kappa shape index (κ1) is 16.5. The summed E-state index contributed by atoms with van der Waals surface area (Å²) in [7, 11) is 0. The van der Waals surface area contributed by atoms with Gasteiger partial charge in [0.25, 0.3) is 5.91 Å². The van der Waals surface area contributed by atoms with Gasteiger partial charge in [-0.25, -0.2) is 9.59 Å². The molecule has 0 spiro atoms. The van der Waals surface area contributed by atoms with Gasteiger partial charge in [0, 0.05) is 18.7 Å². The van der Waals surface area contributed by atoms with Crippen molar-refractivity contribution in [3.63, 3.8) is 0 Å². The Hall–Kier alpha value is -2.90. The van der Waals surface area contributed by atoms with Gasteiger partial charge < -0.3 is 15.4 Å². The van der Waals surface area contributed by atoms with Gasteiger partial charge in [-0.1, -0.05) is 0 Å². The third-order valence-corrected chi connectivity index (χ3v) is 3.16. The molecule has 0 saturated carbocycles. The topological polar surface area (TPSA) is 114 Å². The van der Waals surface area contributed by atoms with Crippen molar-refractivity contribution in [1.82, 2.24) is 10.6 Å². The number of esters is 1. The Labute approximate surface area is 132 Å². The number of benzene rings is 1. The number of amides is 4. The number of anilines is 1. The van der Waals surface area contributed by atoms with E-state index in [1.165, 1.54) is 6.07 Å². The Bertz CT molecular complexity index is 657. The lowest BCUT2D eigenvalue weighted by Crippen LogP contribution is -2.41. The molecule has 8 nitrogen and oxygen atoms in total. The molecule has 1 aliphatic heterocycles. The average Bonchev–Trinajstić information content (AvgIpc) is 2.52. The van der Waals surface area contributed by atoms with Gasteiger partial charge >= 0.3 is 12.0 Å². The van der Waals surface area contributed by atoms with Crippen LogP contribution in [0.2, 0.25) is 0 Å². The minimum atomic E-state index is -0.713. The number of carbonyl (C=O) groups excluding carboxylic acids is 4. The predicted octanol–water partition coefficient (Wildman–Crippen LogP) is 0.574. The Morgan fingerprint density at radius 1 is 1.26 bits per heavy atom.